The number of anilines is 2. The van der Waals surface area contributed by atoms with Gasteiger partial charge in [0.15, 0.2) is 0 Å². The number of amides is 2. The van der Waals surface area contributed by atoms with Crippen molar-refractivity contribution in [2.45, 2.75) is 6.92 Å². The molecule has 0 spiro atoms. The normalized spacial score (nSPS) is 10.2. The lowest BCUT2D eigenvalue weighted by Gasteiger charge is -2.26. The molecule has 7 heteroatoms. The van der Waals surface area contributed by atoms with E-state index in [9.17, 15) is 14.4 Å². The molecule has 0 heterocycles. The summed E-state index contributed by atoms with van der Waals surface area (Å²) in [4.78, 5) is 38.2. The van der Waals surface area contributed by atoms with Gasteiger partial charge in [0.2, 0.25) is 11.8 Å². The highest BCUT2D eigenvalue weighted by Gasteiger charge is 2.23. The zero-order valence-electron chi connectivity index (χ0n) is 13.6. The van der Waals surface area contributed by atoms with Crippen molar-refractivity contribution in [2.24, 2.45) is 0 Å². The van der Waals surface area contributed by atoms with Crippen LogP contribution in [0, 0.1) is 0 Å². The van der Waals surface area contributed by atoms with Gasteiger partial charge >= 0.3 is 5.97 Å². The molecule has 0 saturated carbocycles. The molecule has 0 bridgehead atoms. The van der Waals surface area contributed by atoms with Crippen LogP contribution in [0.15, 0.2) is 54.6 Å². The van der Waals surface area contributed by atoms with E-state index < -0.39 is 18.4 Å². The van der Waals surface area contributed by atoms with E-state index in [4.69, 9.17) is 16.7 Å². The first-order valence-corrected chi connectivity index (χ1v) is 7.87. The molecule has 2 amide bonds. The van der Waals surface area contributed by atoms with Gasteiger partial charge in [-0.15, -0.1) is 0 Å². The maximum Gasteiger partial charge on any atom is 0.323 e. The van der Waals surface area contributed by atoms with Crippen molar-refractivity contribution < 1.29 is 19.5 Å². The van der Waals surface area contributed by atoms with Crippen LogP contribution in [-0.4, -0.2) is 36.0 Å². The highest BCUT2D eigenvalue weighted by Crippen LogP contribution is 2.20. The van der Waals surface area contributed by atoms with Crippen LogP contribution < -0.4 is 9.80 Å². The lowest BCUT2D eigenvalue weighted by molar-refractivity contribution is -0.136. The number of carbonyl (C=O) groups excluding carboxylic acids is 2. The van der Waals surface area contributed by atoms with E-state index >= 15 is 0 Å². The van der Waals surface area contributed by atoms with E-state index in [1.807, 2.05) is 0 Å². The zero-order chi connectivity index (χ0) is 18.4. The molecule has 2 rings (SSSR count). The summed E-state index contributed by atoms with van der Waals surface area (Å²) in [6, 6.07) is 15.0. The third-order valence-corrected chi connectivity index (χ3v) is 3.73. The maximum atomic E-state index is 12.7. The monoisotopic (exact) mass is 360 g/mol. The second kappa shape index (κ2) is 8.30. The van der Waals surface area contributed by atoms with Crippen LogP contribution in [-0.2, 0) is 14.4 Å². The summed E-state index contributed by atoms with van der Waals surface area (Å²) in [6.07, 6.45) is 0. The van der Waals surface area contributed by atoms with Crippen LogP contribution in [0.25, 0.3) is 0 Å². The first kappa shape index (κ1) is 18.5. The number of carboxylic acids is 1. The number of rotatable bonds is 6. The lowest BCUT2D eigenvalue weighted by Crippen LogP contribution is -2.44. The SMILES string of the molecule is CC(=O)N(CC(=O)N(CC(=O)O)c1ccc(Cl)cc1)c1ccccc1. The molecule has 0 aliphatic carbocycles. The number of hydrogen-bond acceptors (Lipinski definition) is 3. The van der Waals surface area contributed by atoms with E-state index in [1.54, 1.807) is 54.6 Å². The topological polar surface area (TPSA) is 77.9 Å². The molecule has 0 aliphatic heterocycles. The molecule has 0 radical (unpaired) electrons. The summed E-state index contributed by atoms with van der Waals surface area (Å²) in [5.41, 5.74) is 0.961. The van der Waals surface area contributed by atoms with Gasteiger partial charge in [0.25, 0.3) is 0 Å². The van der Waals surface area contributed by atoms with Gasteiger partial charge in [0.1, 0.15) is 13.1 Å². The van der Waals surface area contributed by atoms with Crippen LogP contribution in [0.4, 0.5) is 11.4 Å². The van der Waals surface area contributed by atoms with E-state index in [0.29, 0.717) is 16.4 Å². The minimum Gasteiger partial charge on any atom is -0.480 e. The molecule has 0 aromatic heterocycles. The largest absolute Gasteiger partial charge is 0.480 e. The average Bonchev–Trinajstić information content (AvgIpc) is 2.58. The third kappa shape index (κ3) is 5.06. The summed E-state index contributed by atoms with van der Waals surface area (Å²) in [5.74, 6) is -1.98. The molecule has 2 aromatic rings. The Hall–Kier alpha value is -2.86. The minimum absolute atomic E-state index is 0.269. The van der Waals surface area contributed by atoms with Crippen LogP contribution in [0.2, 0.25) is 5.02 Å². The molecular weight excluding hydrogens is 344 g/mol. The van der Waals surface area contributed by atoms with Crippen molar-refractivity contribution in [3.63, 3.8) is 0 Å². The predicted octanol–water partition coefficient (Wildman–Crippen LogP) is 2.81. The van der Waals surface area contributed by atoms with Crippen LogP contribution in [0.1, 0.15) is 6.92 Å². The fraction of sp³-hybridized carbons (Fsp3) is 0.167. The van der Waals surface area contributed by atoms with E-state index in [-0.39, 0.29) is 12.5 Å². The summed E-state index contributed by atoms with van der Waals surface area (Å²) >= 11 is 5.83. The number of hydrogen-bond donors (Lipinski definition) is 1. The Kier molecular flexibility index (Phi) is 6.14. The molecule has 0 aliphatic rings. The Labute approximate surface area is 150 Å². The van der Waals surface area contributed by atoms with Gasteiger partial charge in [-0.1, -0.05) is 29.8 Å². The van der Waals surface area contributed by atoms with E-state index in [2.05, 4.69) is 0 Å². The second-order valence-corrected chi connectivity index (χ2v) is 5.73. The molecule has 0 saturated heterocycles. The number of halogens is 1. The minimum atomic E-state index is -1.16. The van der Waals surface area contributed by atoms with Crippen LogP contribution >= 0.6 is 11.6 Å². The second-order valence-electron chi connectivity index (χ2n) is 5.29. The zero-order valence-corrected chi connectivity index (χ0v) is 14.3. The Bertz CT molecular complexity index is 762. The van der Waals surface area contributed by atoms with Crippen LogP contribution in [0.3, 0.4) is 0 Å². The van der Waals surface area contributed by atoms with Gasteiger partial charge in [-0.25, -0.2) is 0 Å². The number of nitrogens with zero attached hydrogens (tertiary/aromatic N) is 2. The van der Waals surface area contributed by atoms with Gasteiger partial charge in [0, 0.05) is 23.3 Å². The van der Waals surface area contributed by atoms with Crippen molar-refractivity contribution >= 4 is 40.8 Å². The lowest BCUT2D eigenvalue weighted by atomic mass is 10.2. The average molecular weight is 361 g/mol. The fourth-order valence-electron chi connectivity index (χ4n) is 2.29. The standard InChI is InChI=1S/C18H17ClN2O4/c1-13(22)20(15-5-3-2-4-6-15)11-17(23)21(12-18(24)25)16-9-7-14(19)8-10-16/h2-10H,11-12H2,1H3,(H,24,25). The number of para-hydroxylation sites is 1. The Morgan fingerprint density at radius 1 is 0.880 bits per heavy atom. The van der Waals surface area contributed by atoms with Crippen LogP contribution in [0.5, 0.6) is 0 Å². The van der Waals surface area contributed by atoms with Gasteiger partial charge in [-0.2, -0.15) is 0 Å². The Morgan fingerprint density at radius 2 is 1.44 bits per heavy atom. The first-order chi connectivity index (χ1) is 11.9. The first-order valence-electron chi connectivity index (χ1n) is 7.49. The molecule has 0 fully saturated rings. The highest BCUT2D eigenvalue weighted by atomic mass is 35.5. The van der Waals surface area contributed by atoms with Crippen molar-refractivity contribution in [1.29, 1.82) is 0 Å². The fourth-order valence-corrected chi connectivity index (χ4v) is 2.42. The molecule has 1 N–H and O–H groups in total. The molecule has 130 valence electrons. The van der Waals surface area contributed by atoms with Gasteiger partial charge in [0.05, 0.1) is 0 Å². The quantitative estimate of drug-likeness (QED) is 0.859. The Morgan fingerprint density at radius 3 is 1.96 bits per heavy atom. The number of carboxylic acid groups (broad SMARTS) is 1. The molecule has 0 unspecified atom stereocenters. The number of benzene rings is 2. The van der Waals surface area contributed by atoms with Crippen molar-refractivity contribution in [3.05, 3.63) is 59.6 Å². The van der Waals surface area contributed by atoms with Crippen molar-refractivity contribution in [2.75, 3.05) is 22.9 Å². The van der Waals surface area contributed by atoms with Crippen molar-refractivity contribution in [1.82, 2.24) is 0 Å². The summed E-state index contributed by atoms with van der Waals surface area (Å²) in [5, 5.41) is 9.58. The van der Waals surface area contributed by atoms with E-state index in [1.165, 1.54) is 11.8 Å². The van der Waals surface area contributed by atoms with E-state index in [0.717, 1.165) is 4.90 Å². The smallest absolute Gasteiger partial charge is 0.323 e. The Balaban J connectivity index is 2.27. The predicted molar refractivity (Wildman–Crippen MR) is 95.9 cm³/mol. The molecule has 25 heavy (non-hydrogen) atoms. The molecule has 6 nitrogen and oxygen atoms in total. The van der Waals surface area contributed by atoms with Gasteiger partial charge in [-0.3, -0.25) is 19.3 Å². The van der Waals surface area contributed by atoms with Gasteiger partial charge < -0.3 is 10.0 Å². The highest BCUT2D eigenvalue weighted by molar-refractivity contribution is 6.30. The summed E-state index contributed by atoms with van der Waals surface area (Å²) in [7, 11) is 0. The number of carbonyl (C=O) groups is 3. The number of aliphatic carboxylic acids is 1. The maximum absolute atomic E-state index is 12.7. The molecule has 2 aromatic carbocycles. The van der Waals surface area contributed by atoms with Gasteiger partial charge in [-0.05, 0) is 36.4 Å². The summed E-state index contributed by atoms with van der Waals surface area (Å²) in [6.45, 7) is 0.570. The van der Waals surface area contributed by atoms with Crippen molar-refractivity contribution in [3.8, 4) is 0 Å². The summed E-state index contributed by atoms with van der Waals surface area (Å²) < 4.78 is 0. The molecular formula is C18H17ClN2O4. The molecule has 0 atom stereocenters. The third-order valence-electron chi connectivity index (χ3n) is 3.47.